The van der Waals surface area contributed by atoms with Crippen molar-refractivity contribution in [1.82, 2.24) is 0 Å². The third-order valence-corrected chi connectivity index (χ3v) is 6.53. The zero-order valence-electron chi connectivity index (χ0n) is 12.8. The molecule has 7 heteroatoms. The molecule has 1 saturated carbocycles. The van der Waals surface area contributed by atoms with Crippen molar-refractivity contribution >= 4 is 17.2 Å². The van der Waals surface area contributed by atoms with Crippen molar-refractivity contribution in [2.45, 2.75) is 37.6 Å². The first kappa shape index (κ1) is 15.1. The summed E-state index contributed by atoms with van der Waals surface area (Å²) in [5.74, 6) is -2.00. The van der Waals surface area contributed by atoms with Crippen LogP contribution in [-0.2, 0) is 9.47 Å². The molecule has 1 aromatic rings. The molecular formula is C17H14N4O2S. The van der Waals surface area contributed by atoms with Crippen molar-refractivity contribution in [1.29, 1.82) is 21.2 Å². The summed E-state index contributed by atoms with van der Waals surface area (Å²) in [6.07, 6.45) is 1.96. The van der Waals surface area contributed by atoms with Crippen LogP contribution in [0.15, 0.2) is 17.5 Å². The average Bonchev–Trinajstić information content (AvgIpc) is 3.14. The fourth-order valence-corrected chi connectivity index (χ4v) is 5.36. The molecule has 0 amide bonds. The predicted octanol–water partition coefficient (Wildman–Crippen LogP) is 3.26. The number of hydrogen-bond acceptors (Lipinski definition) is 7. The molecule has 6 nitrogen and oxygen atoms in total. The standard InChI is InChI=1S/C17H14N4O2S/c18-8-15(9-19)12-5-1-2-6-17(12)22-13(11-4-3-7-24-11)16(15,10-20)14(21)23-17/h3-4,7,12-13,21H,1-2,5-6H2/t12-,13-,16+,17+/m0/s1. The highest BCUT2D eigenvalue weighted by Gasteiger charge is 2.80. The lowest BCUT2D eigenvalue weighted by molar-refractivity contribution is -0.360. The van der Waals surface area contributed by atoms with E-state index in [0.29, 0.717) is 12.8 Å². The Morgan fingerprint density at radius 3 is 2.62 bits per heavy atom. The van der Waals surface area contributed by atoms with Crippen LogP contribution in [0.3, 0.4) is 0 Å². The zero-order valence-corrected chi connectivity index (χ0v) is 13.6. The maximum Gasteiger partial charge on any atom is 0.218 e. The molecule has 2 bridgehead atoms. The van der Waals surface area contributed by atoms with Crippen molar-refractivity contribution in [2.75, 3.05) is 0 Å². The molecule has 4 aliphatic rings. The zero-order chi connectivity index (χ0) is 17.0. The summed E-state index contributed by atoms with van der Waals surface area (Å²) in [5.41, 5.74) is -3.39. The minimum Gasteiger partial charge on any atom is -0.447 e. The van der Waals surface area contributed by atoms with Gasteiger partial charge in [0.15, 0.2) is 10.8 Å². The summed E-state index contributed by atoms with van der Waals surface area (Å²) in [4.78, 5) is 0.739. The minimum absolute atomic E-state index is 0.309. The van der Waals surface area contributed by atoms with E-state index in [2.05, 4.69) is 18.2 Å². The summed E-state index contributed by atoms with van der Waals surface area (Å²) in [5, 5.41) is 40.3. The Morgan fingerprint density at radius 1 is 1.21 bits per heavy atom. The van der Waals surface area contributed by atoms with Crippen LogP contribution >= 0.6 is 11.3 Å². The van der Waals surface area contributed by atoms with E-state index >= 15 is 0 Å². The van der Waals surface area contributed by atoms with Crippen LogP contribution in [0.1, 0.15) is 36.7 Å². The summed E-state index contributed by atoms with van der Waals surface area (Å²) in [6.45, 7) is 0. The van der Waals surface area contributed by atoms with Crippen LogP contribution in [0.2, 0.25) is 0 Å². The van der Waals surface area contributed by atoms with Gasteiger partial charge in [-0.2, -0.15) is 15.8 Å². The molecule has 4 fully saturated rings. The van der Waals surface area contributed by atoms with E-state index in [1.54, 1.807) is 0 Å². The van der Waals surface area contributed by atoms with Crippen LogP contribution in [0.25, 0.3) is 0 Å². The number of ether oxygens (including phenoxy) is 2. The molecule has 1 N–H and O–H groups in total. The number of fused-ring (bicyclic) bond motifs is 2. The Morgan fingerprint density at radius 2 is 2.00 bits per heavy atom. The number of nitrogens with zero attached hydrogens (tertiary/aromatic N) is 3. The molecule has 24 heavy (non-hydrogen) atoms. The second-order valence-electron chi connectivity index (χ2n) is 6.51. The van der Waals surface area contributed by atoms with E-state index in [1.807, 2.05) is 17.5 Å². The SMILES string of the molecule is N#CC1(C#N)[C@@H]2CCCC[C@@]23OC(=N)[C@@]1(C#N)[C@H](c1cccs1)O3. The third-order valence-electron chi connectivity index (χ3n) is 5.62. The quantitative estimate of drug-likeness (QED) is 0.844. The molecule has 1 aliphatic carbocycles. The molecule has 120 valence electrons. The highest BCUT2D eigenvalue weighted by atomic mass is 32.1. The predicted molar refractivity (Wildman–Crippen MR) is 83.4 cm³/mol. The summed E-state index contributed by atoms with van der Waals surface area (Å²) in [6, 6.07) is 10.0. The van der Waals surface area contributed by atoms with Crippen molar-refractivity contribution in [3.8, 4) is 18.2 Å². The van der Waals surface area contributed by atoms with Crippen LogP contribution < -0.4 is 0 Å². The van der Waals surface area contributed by atoms with Gasteiger partial charge in [0.05, 0.1) is 24.1 Å². The number of rotatable bonds is 1. The Hall–Kier alpha value is -2.40. The summed E-state index contributed by atoms with van der Waals surface area (Å²) < 4.78 is 12.1. The molecule has 3 aliphatic heterocycles. The van der Waals surface area contributed by atoms with Gasteiger partial charge in [-0.25, -0.2) is 0 Å². The largest absolute Gasteiger partial charge is 0.447 e. The first-order valence-electron chi connectivity index (χ1n) is 7.83. The summed E-state index contributed by atoms with van der Waals surface area (Å²) in [7, 11) is 0. The van der Waals surface area contributed by atoms with Crippen LogP contribution in [0.4, 0.5) is 0 Å². The fourth-order valence-electron chi connectivity index (χ4n) is 4.54. The van der Waals surface area contributed by atoms with Gasteiger partial charge in [0.2, 0.25) is 11.7 Å². The van der Waals surface area contributed by atoms with Gasteiger partial charge in [-0.15, -0.1) is 11.3 Å². The van der Waals surface area contributed by atoms with Gasteiger partial charge in [-0.05, 0) is 24.3 Å². The fraction of sp³-hybridized carbons (Fsp3) is 0.529. The number of nitriles is 3. The topological polar surface area (TPSA) is 114 Å². The van der Waals surface area contributed by atoms with Crippen LogP contribution in [0, 0.1) is 56.2 Å². The highest BCUT2D eigenvalue weighted by Crippen LogP contribution is 2.69. The molecule has 0 radical (unpaired) electrons. The van der Waals surface area contributed by atoms with Gasteiger partial charge < -0.3 is 9.47 Å². The Balaban J connectivity index is 2.03. The Kier molecular flexibility index (Phi) is 3.03. The Bertz CT molecular complexity index is 816. The van der Waals surface area contributed by atoms with E-state index < -0.39 is 28.6 Å². The van der Waals surface area contributed by atoms with Crippen LogP contribution in [-0.4, -0.2) is 11.7 Å². The molecule has 3 saturated heterocycles. The molecule has 1 spiro atoms. The second-order valence-corrected chi connectivity index (χ2v) is 7.49. The van der Waals surface area contributed by atoms with Gasteiger partial charge in [0.1, 0.15) is 6.10 Å². The van der Waals surface area contributed by atoms with E-state index in [-0.39, 0.29) is 5.90 Å². The number of hydrogen-bond donors (Lipinski definition) is 1. The smallest absolute Gasteiger partial charge is 0.218 e. The molecule has 1 aromatic heterocycles. The number of thiophene rings is 1. The second kappa shape index (κ2) is 4.80. The molecule has 4 heterocycles. The molecular weight excluding hydrogens is 324 g/mol. The van der Waals surface area contributed by atoms with E-state index in [9.17, 15) is 15.8 Å². The molecule has 0 aromatic carbocycles. The normalized spacial score (nSPS) is 39.0. The van der Waals surface area contributed by atoms with Crippen LogP contribution in [0.5, 0.6) is 0 Å². The lowest BCUT2D eigenvalue weighted by atomic mass is 9.49. The van der Waals surface area contributed by atoms with Crippen molar-refractivity contribution in [2.24, 2.45) is 16.7 Å². The number of nitrogens with one attached hydrogen (secondary N) is 1. The third kappa shape index (κ3) is 1.44. The lowest BCUT2D eigenvalue weighted by Crippen LogP contribution is -2.73. The summed E-state index contributed by atoms with van der Waals surface area (Å²) >= 11 is 1.40. The minimum atomic E-state index is -1.74. The van der Waals surface area contributed by atoms with Gasteiger partial charge >= 0.3 is 0 Å². The highest BCUT2D eigenvalue weighted by molar-refractivity contribution is 7.10. The van der Waals surface area contributed by atoms with E-state index in [1.165, 1.54) is 11.3 Å². The van der Waals surface area contributed by atoms with E-state index in [4.69, 9.17) is 14.9 Å². The average molecular weight is 338 g/mol. The molecule has 5 rings (SSSR count). The lowest BCUT2D eigenvalue weighted by Gasteiger charge is -2.63. The maximum atomic E-state index is 10.0. The molecule has 4 atom stereocenters. The van der Waals surface area contributed by atoms with Crippen molar-refractivity contribution in [3.05, 3.63) is 22.4 Å². The first-order valence-corrected chi connectivity index (χ1v) is 8.71. The van der Waals surface area contributed by atoms with Gasteiger partial charge in [-0.1, -0.05) is 12.5 Å². The monoisotopic (exact) mass is 338 g/mol. The van der Waals surface area contributed by atoms with Gasteiger partial charge in [-0.3, -0.25) is 5.41 Å². The molecule has 0 unspecified atom stereocenters. The Labute approximate surface area is 143 Å². The first-order chi connectivity index (χ1) is 11.6. The van der Waals surface area contributed by atoms with Crippen molar-refractivity contribution in [3.63, 3.8) is 0 Å². The van der Waals surface area contributed by atoms with Gasteiger partial charge in [0, 0.05) is 11.3 Å². The van der Waals surface area contributed by atoms with Crippen molar-refractivity contribution < 1.29 is 9.47 Å². The van der Waals surface area contributed by atoms with E-state index in [0.717, 1.165) is 17.7 Å². The van der Waals surface area contributed by atoms with Gasteiger partial charge in [0.25, 0.3) is 0 Å². The maximum absolute atomic E-state index is 10.0.